The van der Waals surface area contributed by atoms with Gasteiger partial charge in [-0.25, -0.2) is 0 Å². The summed E-state index contributed by atoms with van der Waals surface area (Å²) in [5.74, 6) is 1.24. The van der Waals surface area contributed by atoms with Crippen LogP contribution in [0, 0.1) is 11.8 Å². The van der Waals surface area contributed by atoms with E-state index in [0.29, 0.717) is 18.4 Å². The average Bonchev–Trinajstić information content (AvgIpc) is 3.05. The Hall–Kier alpha value is -1.40. The number of rotatable bonds is 7. The summed E-state index contributed by atoms with van der Waals surface area (Å²) in [5, 5.41) is 7.94. The molecule has 2 amide bonds. The normalized spacial score (nSPS) is 22.7. The van der Waals surface area contributed by atoms with Crippen LogP contribution < -0.4 is 10.6 Å². The van der Waals surface area contributed by atoms with E-state index >= 15 is 0 Å². The van der Waals surface area contributed by atoms with Crippen LogP contribution in [-0.4, -0.2) is 41.9 Å². The summed E-state index contributed by atoms with van der Waals surface area (Å²) in [4.78, 5) is 27.5. The molecule has 3 atom stereocenters. The third-order valence-electron chi connectivity index (χ3n) is 5.10. The van der Waals surface area contributed by atoms with Crippen molar-refractivity contribution in [2.45, 2.75) is 59.0 Å². The number of carbonyl (C=O) groups is 2. The Balaban J connectivity index is 1.90. The molecule has 26 heavy (non-hydrogen) atoms. The molecule has 146 valence electrons. The Morgan fingerprint density at radius 3 is 2.50 bits per heavy atom. The standard InChI is InChI=1S/C20H33N3O2S/c1-14-9-15(2)12-23(11-14)20(4,5)13-21-19(25)10-17(22-16(3)24)18-7-6-8-26-18/h6-8,14-15,17H,9-13H2,1-5H3,(H,21,25)(H,22,24). The lowest BCUT2D eigenvalue weighted by molar-refractivity contribution is -0.123. The van der Waals surface area contributed by atoms with Gasteiger partial charge < -0.3 is 10.6 Å². The zero-order valence-corrected chi connectivity index (χ0v) is 17.5. The van der Waals surface area contributed by atoms with E-state index in [0.717, 1.165) is 18.0 Å². The van der Waals surface area contributed by atoms with E-state index in [4.69, 9.17) is 0 Å². The quantitative estimate of drug-likeness (QED) is 0.765. The molecule has 1 aliphatic heterocycles. The fourth-order valence-electron chi connectivity index (χ4n) is 3.80. The summed E-state index contributed by atoms with van der Waals surface area (Å²) < 4.78 is 0. The molecule has 0 saturated carbocycles. The minimum Gasteiger partial charge on any atom is -0.354 e. The molecule has 2 N–H and O–H groups in total. The van der Waals surface area contributed by atoms with Gasteiger partial charge in [-0.1, -0.05) is 19.9 Å². The Kier molecular flexibility index (Phi) is 7.24. The van der Waals surface area contributed by atoms with Crippen LogP contribution in [0.15, 0.2) is 17.5 Å². The first kappa shape index (κ1) is 20.9. The summed E-state index contributed by atoms with van der Waals surface area (Å²) in [6.45, 7) is 13.3. The second-order valence-electron chi connectivity index (χ2n) is 8.41. The molecule has 2 rings (SSSR count). The fourth-order valence-corrected chi connectivity index (χ4v) is 4.58. The van der Waals surface area contributed by atoms with Crippen molar-refractivity contribution >= 4 is 23.2 Å². The Morgan fingerprint density at radius 1 is 1.31 bits per heavy atom. The van der Waals surface area contributed by atoms with Crippen molar-refractivity contribution in [2.75, 3.05) is 19.6 Å². The van der Waals surface area contributed by atoms with Gasteiger partial charge in [0.05, 0.1) is 12.5 Å². The fraction of sp³-hybridized carbons (Fsp3) is 0.700. The molecule has 1 aromatic heterocycles. The van der Waals surface area contributed by atoms with Gasteiger partial charge in [0, 0.05) is 37.0 Å². The minimum absolute atomic E-state index is 0.0247. The first-order chi connectivity index (χ1) is 12.2. The largest absolute Gasteiger partial charge is 0.354 e. The lowest BCUT2D eigenvalue weighted by atomic mass is 9.88. The summed E-state index contributed by atoms with van der Waals surface area (Å²) in [6, 6.07) is 3.64. The molecule has 1 aliphatic rings. The van der Waals surface area contributed by atoms with Crippen LogP contribution in [0.3, 0.4) is 0 Å². The number of likely N-dealkylation sites (tertiary alicyclic amines) is 1. The van der Waals surface area contributed by atoms with Crippen molar-refractivity contribution in [3.63, 3.8) is 0 Å². The highest BCUT2D eigenvalue weighted by Gasteiger charge is 2.33. The lowest BCUT2D eigenvalue weighted by Crippen LogP contribution is -2.56. The highest BCUT2D eigenvalue weighted by Crippen LogP contribution is 2.27. The molecule has 2 heterocycles. The predicted octanol–water partition coefficient (Wildman–Crippen LogP) is 3.19. The molecule has 0 bridgehead atoms. The molecule has 1 aromatic rings. The SMILES string of the molecule is CC(=O)NC(CC(=O)NCC(C)(C)N1CC(C)CC(C)C1)c1cccs1. The maximum Gasteiger partial charge on any atom is 0.222 e. The molecule has 0 radical (unpaired) electrons. The van der Waals surface area contributed by atoms with Gasteiger partial charge in [0.25, 0.3) is 0 Å². The topological polar surface area (TPSA) is 61.4 Å². The number of amides is 2. The molecule has 1 fully saturated rings. The van der Waals surface area contributed by atoms with Gasteiger partial charge in [0.15, 0.2) is 0 Å². The van der Waals surface area contributed by atoms with Crippen LogP contribution in [0.4, 0.5) is 0 Å². The molecule has 0 spiro atoms. The zero-order chi connectivity index (χ0) is 19.3. The molecule has 5 nitrogen and oxygen atoms in total. The molecule has 1 saturated heterocycles. The molecular formula is C20H33N3O2S. The van der Waals surface area contributed by atoms with Crippen LogP contribution >= 0.6 is 11.3 Å². The second kappa shape index (κ2) is 9.00. The highest BCUT2D eigenvalue weighted by molar-refractivity contribution is 7.10. The number of nitrogens with one attached hydrogen (secondary N) is 2. The van der Waals surface area contributed by atoms with Crippen LogP contribution in [0.25, 0.3) is 0 Å². The van der Waals surface area contributed by atoms with Gasteiger partial charge in [-0.05, 0) is 43.6 Å². The second-order valence-corrected chi connectivity index (χ2v) is 9.39. The maximum absolute atomic E-state index is 12.5. The third kappa shape index (κ3) is 6.09. The van der Waals surface area contributed by atoms with E-state index in [1.54, 1.807) is 11.3 Å². The number of hydrogen-bond acceptors (Lipinski definition) is 4. The van der Waals surface area contributed by atoms with Crippen molar-refractivity contribution in [3.8, 4) is 0 Å². The number of nitrogens with zero attached hydrogens (tertiary/aromatic N) is 1. The summed E-state index contributed by atoms with van der Waals surface area (Å²) in [7, 11) is 0. The summed E-state index contributed by atoms with van der Waals surface area (Å²) in [5.41, 5.74) is -0.0783. The van der Waals surface area contributed by atoms with Gasteiger partial charge in [-0.3, -0.25) is 14.5 Å². The van der Waals surface area contributed by atoms with E-state index in [-0.39, 0.29) is 29.8 Å². The van der Waals surface area contributed by atoms with Crippen molar-refractivity contribution < 1.29 is 9.59 Å². The van der Waals surface area contributed by atoms with E-state index in [1.807, 2.05) is 17.5 Å². The summed E-state index contributed by atoms with van der Waals surface area (Å²) in [6.07, 6.45) is 1.54. The first-order valence-electron chi connectivity index (χ1n) is 9.49. The van der Waals surface area contributed by atoms with Crippen LogP contribution in [0.1, 0.15) is 58.4 Å². The Morgan fingerprint density at radius 2 is 1.96 bits per heavy atom. The van der Waals surface area contributed by atoms with Crippen molar-refractivity contribution in [3.05, 3.63) is 22.4 Å². The Bertz CT molecular complexity index is 590. The van der Waals surface area contributed by atoms with Gasteiger partial charge in [-0.2, -0.15) is 0 Å². The lowest BCUT2D eigenvalue weighted by Gasteiger charge is -2.45. The molecule has 3 unspecified atom stereocenters. The smallest absolute Gasteiger partial charge is 0.222 e. The van der Waals surface area contributed by atoms with Crippen LogP contribution in [0.2, 0.25) is 0 Å². The Labute approximate surface area is 161 Å². The maximum atomic E-state index is 12.5. The third-order valence-corrected chi connectivity index (χ3v) is 6.08. The van der Waals surface area contributed by atoms with Crippen molar-refractivity contribution in [1.82, 2.24) is 15.5 Å². The predicted molar refractivity (Wildman–Crippen MR) is 107 cm³/mol. The van der Waals surface area contributed by atoms with Gasteiger partial charge in [0.2, 0.25) is 11.8 Å². The van der Waals surface area contributed by atoms with Gasteiger partial charge in [0.1, 0.15) is 0 Å². The highest BCUT2D eigenvalue weighted by atomic mass is 32.1. The van der Waals surface area contributed by atoms with Gasteiger partial charge in [-0.15, -0.1) is 11.3 Å². The molecular weight excluding hydrogens is 346 g/mol. The zero-order valence-electron chi connectivity index (χ0n) is 16.7. The number of thiophene rings is 1. The number of piperidine rings is 1. The van der Waals surface area contributed by atoms with E-state index in [2.05, 4.69) is 43.2 Å². The molecule has 6 heteroatoms. The van der Waals surface area contributed by atoms with Crippen molar-refractivity contribution in [2.24, 2.45) is 11.8 Å². The number of carbonyl (C=O) groups excluding carboxylic acids is 2. The molecule has 0 aromatic carbocycles. The van der Waals surface area contributed by atoms with E-state index < -0.39 is 0 Å². The number of hydrogen-bond donors (Lipinski definition) is 2. The summed E-state index contributed by atoms with van der Waals surface area (Å²) >= 11 is 1.56. The average molecular weight is 380 g/mol. The van der Waals surface area contributed by atoms with Crippen LogP contribution in [-0.2, 0) is 9.59 Å². The van der Waals surface area contributed by atoms with Crippen LogP contribution in [0.5, 0.6) is 0 Å². The van der Waals surface area contributed by atoms with E-state index in [9.17, 15) is 9.59 Å². The molecule has 0 aliphatic carbocycles. The van der Waals surface area contributed by atoms with E-state index in [1.165, 1.54) is 13.3 Å². The minimum atomic E-state index is -0.259. The first-order valence-corrected chi connectivity index (χ1v) is 10.4. The van der Waals surface area contributed by atoms with Gasteiger partial charge >= 0.3 is 0 Å². The van der Waals surface area contributed by atoms with Crippen molar-refractivity contribution in [1.29, 1.82) is 0 Å². The monoisotopic (exact) mass is 379 g/mol.